The lowest BCUT2D eigenvalue weighted by atomic mass is 9.92. The molecule has 0 radical (unpaired) electrons. The van der Waals surface area contributed by atoms with E-state index in [0.717, 1.165) is 12.8 Å². The summed E-state index contributed by atoms with van der Waals surface area (Å²) in [5.74, 6) is 0. The number of ether oxygens (including phenoxy) is 1. The predicted octanol–water partition coefficient (Wildman–Crippen LogP) is 2.76. The average Bonchev–Trinajstić information content (AvgIpc) is 2.33. The van der Waals surface area contributed by atoms with Crippen LogP contribution in [0.4, 0.5) is 5.69 Å². The van der Waals surface area contributed by atoms with E-state index in [1.807, 2.05) is 25.6 Å². The smallest absolute Gasteiger partial charge is 0.0572 e. The van der Waals surface area contributed by atoms with E-state index in [9.17, 15) is 0 Å². The van der Waals surface area contributed by atoms with Crippen LogP contribution in [0.3, 0.4) is 0 Å². The van der Waals surface area contributed by atoms with Gasteiger partial charge in [0.2, 0.25) is 0 Å². The molecule has 2 rings (SSSR count). The fourth-order valence-corrected chi connectivity index (χ4v) is 2.28. The van der Waals surface area contributed by atoms with Crippen molar-refractivity contribution in [2.75, 3.05) is 12.4 Å². The van der Waals surface area contributed by atoms with Crippen LogP contribution in [0.5, 0.6) is 0 Å². The molecule has 0 bridgehead atoms. The summed E-state index contributed by atoms with van der Waals surface area (Å²) in [7, 11) is 1.81. The zero-order valence-electron chi connectivity index (χ0n) is 10.1. The highest BCUT2D eigenvalue weighted by Gasteiger charge is 2.20. The van der Waals surface area contributed by atoms with Gasteiger partial charge in [-0.15, -0.1) is 0 Å². The molecule has 0 saturated heterocycles. The Balaban J connectivity index is 1.89. The lowest BCUT2D eigenvalue weighted by Crippen LogP contribution is -2.29. The largest absolute Gasteiger partial charge is 0.381 e. The molecule has 3 nitrogen and oxygen atoms in total. The van der Waals surface area contributed by atoms with E-state index in [1.54, 1.807) is 0 Å². The number of rotatable bonds is 3. The second-order valence-electron chi connectivity index (χ2n) is 4.54. The molecule has 1 aromatic heterocycles. The van der Waals surface area contributed by atoms with Gasteiger partial charge in [-0.05, 0) is 44.2 Å². The maximum absolute atomic E-state index is 5.37. The summed E-state index contributed by atoms with van der Waals surface area (Å²) in [6.07, 6.45) is 8.91. The highest BCUT2D eigenvalue weighted by molar-refractivity contribution is 5.48. The molecule has 0 amide bonds. The second kappa shape index (κ2) is 5.30. The second-order valence-corrected chi connectivity index (χ2v) is 4.54. The van der Waals surface area contributed by atoms with Gasteiger partial charge in [0, 0.05) is 19.3 Å². The first kappa shape index (κ1) is 11.4. The number of hydrogen-bond donors (Lipinski definition) is 1. The van der Waals surface area contributed by atoms with Crippen LogP contribution in [0.1, 0.15) is 31.2 Å². The van der Waals surface area contributed by atoms with Gasteiger partial charge in [-0.25, -0.2) is 0 Å². The Bertz CT molecular complexity index is 332. The molecule has 16 heavy (non-hydrogen) atoms. The summed E-state index contributed by atoms with van der Waals surface area (Å²) in [6, 6.07) is 2.62. The van der Waals surface area contributed by atoms with Crippen LogP contribution in [0.2, 0.25) is 0 Å². The van der Waals surface area contributed by atoms with Crippen molar-refractivity contribution in [1.29, 1.82) is 0 Å². The van der Waals surface area contributed by atoms with Gasteiger partial charge in [-0.2, -0.15) is 0 Å². The highest BCUT2D eigenvalue weighted by atomic mass is 16.5. The monoisotopic (exact) mass is 220 g/mol. The molecule has 1 fully saturated rings. The van der Waals surface area contributed by atoms with Crippen molar-refractivity contribution in [1.82, 2.24) is 4.98 Å². The van der Waals surface area contributed by atoms with Gasteiger partial charge in [-0.1, -0.05) is 0 Å². The summed E-state index contributed by atoms with van der Waals surface area (Å²) < 4.78 is 5.37. The van der Waals surface area contributed by atoms with Crippen molar-refractivity contribution < 1.29 is 4.74 Å². The van der Waals surface area contributed by atoms with Crippen molar-refractivity contribution in [3.63, 3.8) is 0 Å². The highest BCUT2D eigenvalue weighted by Crippen LogP contribution is 2.24. The molecule has 3 heteroatoms. The molecule has 0 aromatic carbocycles. The first-order valence-corrected chi connectivity index (χ1v) is 5.99. The Morgan fingerprint density at radius 1 is 1.31 bits per heavy atom. The summed E-state index contributed by atoms with van der Waals surface area (Å²) in [5, 5.41) is 3.58. The fraction of sp³-hybridized carbons (Fsp3) is 0.615. The third kappa shape index (κ3) is 2.73. The van der Waals surface area contributed by atoms with Gasteiger partial charge < -0.3 is 10.1 Å². The zero-order valence-corrected chi connectivity index (χ0v) is 10.1. The number of aromatic nitrogens is 1. The van der Waals surface area contributed by atoms with E-state index >= 15 is 0 Å². The van der Waals surface area contributed by atoms with E-state index in [2.05, 4.69) is 17.2 Å². The van der Waals surface area contributed by atoms with E-state index < -0.39 is 0 Å². The van der Waals surface area contributed by atoms with Crippen molar-refractivity contribution in [3.8, 4) is 0 Å². The standard InChI is InChI=1S/C13H20N2O/c1-10-7-8-14-9-13(10)15-11-3-5-12(16-2)6-4-11/h7-9,11-12,15H,3-6H2,1-2H3. The Hall–Kier alpha value is -1.09. The molecule has 1 heterocycles. The van der Waals surface area contributed by atoms with E-state index in [1.165, 1.54) is 24.1 Å². The minimum Gasteiger partial charge on any atom is -0.381 e. The quantitative estimate of drug-likeness (QED) is 0.850. The SMILES string of the molecule is COC1CCC(Nc2cnccc2C)CC1. The number of anilines is 1. The zero-order chi connectivity index (χ0) is 11.4. The molecule has 0 spiro atoms. The average molecular weight is 220 g/mol. The maximum atomic E-state index is 5.37. The molecule has 0 atom stereocenters. The molecule has 1 saturated carbocycles. The van der Waals surface area contributed by atoms with Gasteiger partial charge in [0.15, 0.2) is 0 Å². The summed E-state index contributed by atoms with van der Waals surface area (Å²) in [5.41, 5.74) is 2.44. The lowest BCUT2D eigenvalue weighted by Gasteiger charge is -2.29. The number of pyridine rings is 1. The van der Waals surface area contributed by atoms with E-state index in [0.29, 0.717) is 12.1 Å². The number of hydrogen-bond acceptors (Lipinski definition) is 3. The van der Waals surface area contributed by atoms with Gasteiger partial charge in [0.25, 0.3) is 0 Å². The minimum atomic E-state index is 0.466. The van der Waals surface area contributed by atoms with Crippen molar-refractivity contribution in [3.05, 3.63) is 24.0 Å². The normalized spacial score (nSPS) is 25.4. The fourth-order valence-electron chi connectivity index (χ4n) is 2.28. The van der Waals surface area contributed by atoms with Crippen molar-refractivity contribution in [2.45, 2.75) is 44.8 Å². The van der Waals surface area contributed by atoms with Crippen molar-refractivity contribution >= 4 is 5.69 Å². The Morgan fingerprint density at radius 3 is 2.69 bits per heavy atom. The number of aryl methyl sites for hydroxylation is 1. The molecular formula is C13H20N2O. The third-order valence-electron chi connectivity index (χ3n) is 3.41. The van der Waals surface area contributed by atoms with Gasteiger partial charge in [-0.3, -0.25) is 4.98 Å². The summed E-state index contributed by atoms with van der Waals surface area (Å²) >= 11 is 0. The minimum absolute atomic E-state index is 0.466. The van der Waals surface area contributed by atoms with Crippen molar-refractivity contribution in [2.24, 2.45) is 0 Å². The van der Waals surface area contributed by atoms with Crippen LogP contribution < -0.4 is 5.32 Å². The van der Waals surface area contributed by atoms with Crippen LogP contribution in [0.15, 0.2) is 18.5 Å². The Morgan fingerprint density at radius 2 is 2.06 bits per heavy atom. The maximum Gasteiger partial charge on any atom is 0.0572 e. The van der Waals surface area contributed by atoms with E-state index in [4.69, 9.17) is 4.74 Å². The topological polar surface area (TPSA) is 34.1 Å². The Kier molecular flexibility index (Phi) is 3.78. The van der Waals surface area contributed by atoms with Crippen LogP contribution in [-0.4, -0.2) is 24.2 Å². The van der Waals surface area contributed by atoms with E-state index in [-0.39, 0.29) is 0 Å². The summed E-state index contributed by atoms with van der Waals surface area (Å²) in [4.78, 5) is 4.15. The summed E-state index contributed by atoms with van der Waals surface area (Å²) in [6.45, 7) is 2.12. The predicted molar refractivity (Wildman–Crippen MR) is 65.6 cm³/mol. The molecule has 0 aliphatic heterocycles. The molecule has 1 aromatic rings. The molecule has 1 aliphatic rings. The van der Waals surface area contributed by atoms with Crippen LogP contribution in [0.25, 0.3) is 0 Å². The molecular weight excluding hydrogens is 200 g/mol. The van der Waals surface area contributed by atoms with Gasteiger partial charge in [0.1, 0.15) is 0 Å². The van der Waals surface area contributed by atoms with Crippen LogP contribution in [-0.2, 0) is 4.74 Å². The number of nitrogens with one attached hydrogen (secondary N) is 1. The molecule has 88 valence electrons. The first-order valence-electron chi connectivity index (χ1n) is 5.99. The molecule has 1 aliphatic carbocycles. The van der Waals surface area contributed by atoms with Gasteiger partial charge >= 0.3 is 0 Å². The third-order valence-corrected chi connectivity index (χ3v) is 3.41. The molecule has 0 unspecified atom stereocenters. The lowest BCUT2D eigenvalue weighted by molar-refractivity contribution is 0.0682. The van der Waals surface area contributed by atoms with Crippen LogP contribution >= 0.6 is 0 Å². The Labute approximate surface area is 97.2 Å². The number of methoxy groups -OCH3 is 1. The number of nitrogens with zero attached hydrogens (tertiary/aromatic N) is 1. The molecule has 1 N–H and O–H groups in total. The van der Waals surface area contributed by atoms with Crippen LogP contribution in [0, 0.1) is 6.92 Å². The first-order chi connectivity index (χ1) is 7.79. The van der Waals surface area contributed by atoms with Gasteiger partial charge in [0.05, 0.1) is 18.0 Å².